The number of benzene rings is 1. The zero-order valence-corrected chi connectivity index (χ0v) is 15.0. The fourth-order valence-electron chi connectivity index (χ4n) is 2.98. The van der Waals surface area contributed by atoms with Gasteiger partial charge in [-0.2, -0.15) is 0 Å². The highest BCUT2D eigenvalue weighted by Crippen LogP contribution is 2.08. The summed E-state index contributed by atoms with van der Waals surface area (Å²) in [6, 6.07) is 14.7. The Morgan fingerprint density at radius 2 is 1.65 bits per heavy atom. The van der Waals surface area contributed by atoms with Gasteiger partial charge in [-0.25, -0.2) is 4.98 Å². The number of carbonyl (C=O) groups excluding carboxylic acids is 2. The number of nitrogens with one attached hydrogen (secondary N) is 1. The van der Waals surface area contributed by atoms with E-state index < -0.39 is 0 Å². The third-order valence-corrected chi connectivity index (χ3v) is 4.60. The quantitative estimate of drug-likeness (QED) is 0.891. The number of nitrogens with zero attached hydrogens (tertiary/aromatic N) is 3. The molecule has 0 spiro atoms. The normalized spacial score (nSPS) is 14.9. The van der Waals surface area contributed by atoms with Crippen LogP contribution in [0.5, 0.6) is 0 Å². The Balaban J connectivity index is 1.62. The lowest BCUT2D eigenvalue weighted by atomic mass is 10.2. The van der Waals surface area contributed by atoms with Crippen LogP contribution >= 0.6 is 0 Å². The fourth-order valence-corrected chi connectivity index (χ4v) is 2.98. The van der Waals surface area contributed by atoms with E-state index in [-0.39, 0.29) is 17.5 Å². The van der Waals surface area contributed by atoms with Gasteiger partial charge in [0.2, 0.25) is 0 Å². The number of hydrogen-bond donors (Lipinski definition) is 1. The van der Waals surface area contributed by atoms with Crippen molar-refractivity contribution in [1.29, 1.82) is 0 Å². The van der Waals surface area contributed by atoms with Crippen LogP contribution < -0.4 is 5.32 Å². The Kier molecular flexibility index (Phi) is 5.96. The maximum absolute atomic E-state index is 12.7. The van der Waals surface area contributed by atoms with Gasteiger partial charge in [0.1, 0.15) is 11.4 Å². The lowest BCUT2D eigenvalue weighted by Gasteiger charge is -2.33. The van der Waals surface area contributed by atoms with Crippen molar-refractivity contribution in [3.8, 4) is 0 Å². The smallest absolute Gasteiger partial charge is 0.272 e. The molecule has 0 saturated carbocycles. The third-order valence-electron chi connectivity index (χ3n) is 4.60. The summed E-state index contributed by atoms with van der Waals surface area (Å²) in [5.41, 5.74) is 1.60. The molecule has 0 aliphatic carbocycles. The summed E-state index contributed by atoms with van der Waals surface area (Å²) in [4.78, 5) is 33.4. The average molecular weight is 352 g/mol. The van der Waals surface area contributed by atoms with Crippen molar-refractivity contribution in [3.63, 3.8) is 0 Å². The predicted octanol–water partition coefficient (Wildman–Crippen LogP) is 1.79. The van der Waals surface area contributed by atoms with Crippen molar-refractivity contribution in [1.82, 2.24) is 20.1 Å². The number of pyridine rings is 1. The minimum Gasteiger partial charge on any atom is -0.347 e. The monoisotopic (exact) mass is 352 g/mol. The van der Waals surface area contributed by atoms with E-state index >= 15 is 0 Å². The van der Waals surface area contributed by atoms with Crippen LogP contribution in [0.25, 0.3) is 0 Å². The summed E-state index contributed by atoms with van der Waals surface area (Å²) < 4.78 is 0. The van der Waals surface area contributed by atoms with Gasteiger partial charge in [-0.05, 0) is 24.2 Å². The Labute approximate surface area is 153 Å². The van der Waals surface area contributed by atoms with E-state index in [2.05, 4.69) is 22.1 Å². The largest absolute Gasteiger partial charge is 0.347 e. The second-order valence-corrected chi connectivity index (χ2v) is 6.30. The molecule has 1 aliphatic heterocycles. The molecule has 6 heteroatoms. The second-order valence-electron chi connectivity index (χ2n) is 6.30. The highest BCUT2D eigenvalue weighted by molar-refractivity contribution is 5.96. The molecule has 1 aliphatic rings. The highest BCUT2D eigenvalue weighted by atomic mass is 16.2. The molecule has 1 fully saturated rings. The summed E-state index contributed by atoms with van der Waals surface area (Å²) in [6.45, 7) is 6.68. The molecule has 26 heavy (non-hydrogen) atoms. The molecule has 6 nitrogen and oxygen atoms in total. The number of amides is 2. The molecule has 1 aromatic carbocycles. The second kappa shape index (κ2) is 8.58. The van der Waals surface area contributed by atoms with Crippen LogP contribution in [0.3, 0.4) is 0 Å². The molecule has 1 saturated heterocycles. The van der Waals surface area contributed by atoms with Gasteiger partial charge >= 0.3 is 0 Å². The van der Waals surface area contributed by atoms with Crippen LogP contribution in [-0.2, 0) is 6.54 Å². The standard InChI is InChI=1S/C20H24N4O2/c1-2-23-11-13-24(14-12-23)20(26)18-10-6-9-17(22-18)19(25)21-15-16-7-4-3-5-8-16/h3-10H,2,11-15H2,1H3,(H,21,25). The Hall–Kier alpha value is -2.73. The summed E-state index contributed by atoms with van der Waals surface area (Å²) >= 11 is 0. The van der Waals surface area contributed by atoms with Crippen LogP contribution in [-0.4, -0.2) is 59.3 Å². The molecular weight excluding hydrogens is 328 g/mol. The maximum atomic E-state index is 12.7. The summed E-state index contributed by atoms with van der Waals surface area (Å²) in [7, 11) is 0. The SMILES string of the molecule is CCN1CCN(C(=O)c2cccc(C(=O)NCc3ccccc3)n2)CC1. The van der Waals surface area contributed by atoms with E-state index in [0.717, 1.165) is 25.2 Å². The van der Waals surface area contributed by atoms with Crippen molar-refractivity contribution in [2.45, 2.75) is 13.5 Å². The lowest BCUT2D eigenvalue weighted by Crippen LogP contribution is -2.48. The van der Waals surface area contributed by atoms with Gasteiger partial charge in [-0.3, -0.25) is 9.59 Å². The van der Waals surface area contributed by atoms with Crippen LogP contribution in [0.1, 0.15) is 33.5 Å². The summed E-state index contributed by atoms with van der Waals surface area (Å²) in [5, 5.41) is 2.84. The van der Waals surface area contributed by atoms with Crippen molar-refractivity contribution >= 4 is 11.8 Å². The first kappa shape index (κ1) is 18.1. The van der Waals surface area contributed by atoms with E-state index in [1.165, 1.54) is 0 Å². The van der Waals surface area contributed by atoms with Crippen molar-refractivity contribution in [2.24, 2.45) is 0 Å². The molecule has 2 amide bonds. The maximum Gasteiger partial charge on any atom is 0.272 e. The number of likely N-dealkylation sites (N-methyl/N-ethyl adjacent to an activating group) is 1. The van der Waals surface area contributed by atoms with E-state index in [1.54, 1.807) is 23.1 Å². The molecule has 1 N–H and O–H groups in total. The Morgan fingerprint density at radius 3 is 2.35 bits per heavy atom. The average Bonchev–Trinajstić information content (AvgIpc) is 2.72. The molecule has 0 unspecified atom stereocenters. The fraction of sp³-hybridized carbons (Fsp3) is 0.350. The molecule has 1 aromatic heterocycles. The van der Waals surface area contributed by atoms with Gasteiger partial charge in [0.25, 0.3) is 11.8 Å². The van der Waals surface area contributed by atoms with Crippen molar-refractivity contribution in [2.75, 3.05) is 32.7 Å². The minimum absolute atomic E-state index is 0.113. The van der Waals surface area contributed by atoms with Gasteiger partial charge in [0, 0.05) is 32.7 Å². The van der Waals surface area contributed by atoms with Gasteiger partial charge in [0.05, 0.1) is 0 Å². The number of rotatable bonds is 5. The molecule has 2 aromatic rings. The van der Waals surface area contributed by atoms with E-state index in [0.29, 0.717) is 25.3 Å². The zero-order valence-electron chi connectivity index (χ0n) is 15.0. The lowest BCUT2D eigenvalue weighted by molar-refractivity contribution is 0.0637. The zero-order chi connectivity index (χ0) is 18.4. The number of hydrogen-bond acceptors (Lipinski definition) is 4. The predicted molar refractivity (Wildman–Crippen MR) is 99.9 cm³/mol. The summed E-state index contributed by atoms with van der Waals surface area (Å²) in [5.74, 6) is -0.391. The molecule has 3 rings (SSSR count). The first-order valence-electron chi connectivity index (χ1n) is 8.98. The van der Waals surface area contributed by atoms with E-state index in [9.17, 15) is 9.59 Å². The van der Waals surface area contributed by atoms with Gasteiger partial charge < -0.3 is 15.1 Å². The van der Waals surface area contributed by atoms with E-state index in [1.807, 2.05) is 30.3 Å². The third kappa shape index (κ3) is 4.46. The number of piperazine rings is 1. The van der Waals surface area contributed by atoms with Gasteiger partial charge in [-0.15, -0.1) is 0 Å². The van der Waals surface area contributed by atoms with Crippen LogP contribution in [0.2, 0.25) is 0 Å². The Bertz CT molecular complexity index is 755. The molecular formula is C20H24N4O2. The molecule has 0 atom stereocenters. The first-order chi connectivity index (χ1) is 12.7. The molecule has 0 bridgehead atoms. The molecule has 136 valence electrons. The van der Waals surface area contributed by atoms with E-state index in [4.69, 9.17) is 0 Å². The van der Waals surface area contributed by atoms with Gasteiger partial charge in [0.15, 0.2) is 0 Å². The number of aromatic nitrogens is 1. The van der Waals surface area contributed by atoms with Crippen LogP contribution in [0.4, 0.5) is 0 Å². The Morgan fingerprint density at radius 1 is 0.962 bits per heavy atom. The number of carbonyl (C=O) groups is 2. The van der Waals surface area contributed by atoms with Gasteiger partial charge in [-0.1, -0.05) is 43.3 Å². The first-order valence-corrected chi connectivity index (χ1v) is 8.98. The summed E-state index contributed by atoms with van der Waals surface area (Å²) in [6.07, 6.45) is 0. The topological polar surface area (TPSA) is 65.5 Å². The highest BCUT2D eigenvalue weighted by Gasteiger charge is 2.22. The van der Waals surface area contributed by atoms with Crippen LogP contribution in [0.15, 0.2) is 48.5 Å². The molecule has 2 heterocycles. The van der Waals surface area contributed by atoms with Crippen LogP contribution in [0, 0.1) is 0 Å². The van der Waals surface area contributed by atoms with Crippen molar-refractivity contribution in [3.05, 3.63) is 65.5 Å². The van der Waals surface area contributed by atoms with Crippen molar-refractivity contribution < 1.29 is 9.59 Å². The minimum atomic E-state index is -0.278. The molecule has 0 radical (unpaired) electrons.